The number of halogens is 3. The van der Waals surface area contributed by atoms with Gasteiger partial charge in [-0.05, 0) is 18.2 Å². The van der Waals surface area contributed by atoms with Crippen LogP contribution in [-0.2, 0) is 12.8 Å². The number of carbonyl (C=O) groups is 2. The van der Waals surface area contributed by atoms with Crippen molar-refractivity contribution >= 4 is 28.9 Å². The van der Waals surface area contributed by atoms with E-state index in [9.17, 15) is 22.8 Å². The average molecular weight is 461 g/mol. The molecule has 0 unspecified atom stereocenters. The van der Waals surface area contributed by atoms with Crippen molar-refractivity contribution in [3.8, 4) is 16.3 Å². The number of carboxylic acids is 1. The Bertz CT molecular complexity index is 1340. The fourth-order valence-corrected chi connectivity index (χ4v) is 4.11. The molecule has 4 aromatic rings. The van der Waals surface area contributed by atoms with E-state index in [0.717, 1.165) is 17.4 Å². The highest BCUT2D eigenvalue weighted by atomic mass is 32.1. The molecule has 0 saturated heterocycles. The van der Waals surface area contributed by atoms with Crippen molar-refractivity contribution in [2.45, 2.75) is 12.8 Å². The van der Waals surface area contributed by atoms with Crippen LogP contribution in [0.25, 0.3) is 16.2 Å². The molecule has 11 heteroatoms. The smallest absolute Gasteiger partial charge is 0.416 e. The van der Waals surface area contributed by atoms with Crippen LogP contribution in [0.2, 0.25) is 0 Å². The standard InChI is InChI=1S/C21H14F3N3O4S/c22-21(23,24)13-4-2-1-3-12(13)10-31-15-8-16(32-18(15)19(25)28)14-9-26-17-7-11(20(29)30)5-6-27(14)17/h1-9H,10H2,(H2,25,28)(H,29,30). The minimum absolute atomic E-state index is 0.0431. The Morgan fingerprint density at radius 2 is 1.94 bits per heavy atom. The molecular formula is C21H14F3N3O4S. The number of primary amides is 1. The minimum atomic E-state index is -4.54. The van der Waals surface area contributed by atoms with Gasteiger partial charge in [0.1, 0.15) is 22.9 Å². The van der Waals surface area contributed by atoms with Crippen LogP contribution in [0.15, 0.2) is 54.9 Å². The average Bonchev–Trinajstić information content (AvgIpc) is 3.35. The molecule has 7 nitrogen and oxygen atoms in total. The van der Waals surface area contributed by atoms with Gasteiger partial charge in [0.15, 0.2) is 0 Å². The fraction of sp³-hybridized carbons (Fsp3) is 0.0952. The normalized spacial score (nSPS) is 11.6. The van der Waals surface area contributed by atoms with E-state index in [1.54, 1.807) is 4.40 Å². The van der Waals surface area contributed by atoms with E-state index < -0.39 is 30.2 Å². The van der Waals surface area contributed by atoms with Crippen LogP contribution in [0.4, 0.5) is 13.2 Å². The summed E-state index contributed by atoms with van der Waals surface area (Å²) in [7, 11) is 0. The quantitative estimate of drug-likeness (QED) is 0.441. The zero-order chi connectivity index (χ0) is 23.0. The monoisotopic (exact) mass is 461 g/mol. The van der Waals surface area contributed by atoms with Crippen molar-refractivity contribution in [3.63, 3.8) is 0 Å². The summed E-state index contributed by atoms with van der Waals surface area (Å²) in [6, 6.07) is 9.28. The van der Waals surface area contributed by atoms with Crippen molar-refractivity contribution in [2.75, 3.05) is 0 Å². The van der Waals surface area contributed by atoms with E-state index in [2.05, 4.69) is 4.98 Å². The number of thiophene rings is 1. The van der Waals surface area contributed by atoms with Crippen molar-refractivity contribution in [2.24, 2.45) is 5.73 Å². The molecule has 0 aliphatic rings. The van der Waals surface area contributed by atoms with Gasteiger partial charge in [0, 0.05) is 17.8 Å². The lowest BCUT2D eigenvalue weighted by Gasteiger charge is -2.13. The van der Waals surface area contributed by atoms with Crippen LogP contribution in [0.5, 0.6) is 5.75 Å². The number of amides is 1. The molecule has 0 radical (unpaired) electrons. The lowest BCUT2D eigenvalue weighted by Crippen LogP contribution is -2.13. The molecule has 0 spiro atoms. The highest BCUT2D eigenvalue weighted by molar-refractivity contribution is 7.17. The molecule has 1 amide bonds. The van der Waals surface area contributed by atoms with Gasteiger partial charge in [0.2, 0.25) is 0 Å². The van der Waals surface area contributed by atoms with Gasteiger partial charge in [-0.15, -0.1) is 11.3 Å². The summed E-state index contributed by atoms with van der Waals surface area (Å²) in [6.07, 6.45) is -1.54. The number of benzene rings is 1. The van der Waals surface area contributed by atoms with Gasteiger partial charge in [0.25, 0.3) is 5.91 Å². The van der Waals surface area contributed by atoms with E-state index in [0.29, 0.717) is 16.2 Å². The van der Waals surface area contributed by atoms with Gasteiger partial charge in [0.05, 0.1) is 27.9 Å². The van der Waals surface area contributed by atoms with Crippen LogP contribution in [0.3, 0.4) is 0 Å². The summed E-state index contributed by atoms with van der Waals surface area (Å²) in [5.74, 6) is -1.84. The Morgan fingerprint density at radius 1 is 1.19 bits per heavy atom. The number of nitrogens with two attached hydrogens (primary N) is 1. The maximum absolute atomic E-state index is 13.2. The highest BCUT2D eigenvalue weighted by Gasteiger charge is 2.33. The third-order valence-corrected chi connectivity index (χ3v) is 5.79. The molecule has 0 bridgehead atoms. The van der Waals surface area contributed by atoms with Crippen LogP contribution >= 0.6 is 11.3 Å². The molecule has 1 aromatic carbocycles. The Labute approximate surface area is 182 Å². The van der Waals surface area contributed by atoms with Gasteiger partial charge in [-0.2, -0.15) is 13.2 Å². The predicted octanol–water partition coefficient (Wildman–Crippen LogP) is 4.46. The molecule has 0 saturated carbocycles. The first-order valence-electron chi connectivity index (χ1n) is 9.07. The number of aromatic nitrogens is 2. The SMILES string of the molecule is NC(=O)c1sc(-c2cnc3cc(C(=O)O)ccn23)cc1OCc1ccccc1C(F)(F)F. The third kappa shape index (κ3) is 4.02. The Balaban J connectivity index is 1.68. The number of ether oxygens (including phenoxy) is 1. The number of alkyl halides is 3. The van der Waals surface area contributed by atoms with Crippen LogP contribution in [0, 0.1) is 0 Å². The molecule has 32 heavy (non-hydrogen) atoms. The summed E-state index contributed by atoms with van der Waals surface area (Å²) >= 11 is 0.997. The number of imidazole rings is 1. The van der Waals surface area contributed by atoms with Gasteiger partial charge < -0.3 is 15.6 Å². The fourth-order valence-electron chi connectivity index (χ4n) is 3.15. The van der Waals surface area contributed by atoms with Crippen molar-refractivity contribution in [1.82, 2.24) is 9.38 Å². The maximum atomic E-state index is 13.2. The zero-order valence-electron chi connectivity index (χ0n) is 16.1. The Kier molecular flexibility index (Phi) is 5.35. The van der Waals surface area contributed by atoms with Crippen molar-refractivity contribution in [3.05, 3.63) is 76.4 Å². The second-order valence-electron chi connectivity index (χ2n) is 6.70. The number of fused-ring (bicyclic) bond motifs is 1. The molecule has 3 aromatic heterocycles. The number of nitrogens with zero attached hydrogens (tertiary/aromatic N) is 2. The summed E-state index contributed by atoms with van der Waals surface area (Å²) in [5.41, 5.74) is 5.50. The molecule has 0 aliphatic carbocycles. The molecule has 3 heterocycles. The second kappa shape index (κ2) is 8.00. The van der Waals surface area contributed by atoms with Gasteiger partial charge in [-0.25, -0.2) is 9.78 Å². The molecule has 0 atom stereocenters. The second-order valence-corrected chi connectivity index (χ2v) is 7.76. The van der Waals surface area contributed by atoms with E-state index in [1.807, 2.05) is 0 Å². The number of carboxylic acid groups (broad SMARTS) is 1. The summed E-state index contributed by atoms with van der Waals surface area (Å²) < 4.78 is 46.9. The van der Waals surface area contributed by atoms with Crippen molar-refractivity contribution in [1.29, 1.82) is 0 Å². The number of rotatable bonds is 6. The highest BCUT2D eigenvalue weighted by Crippen LogP contribution is 2.38. The number of pyridine rings is 1. The number of aromatic carboxylic acids is 1. The zero-order valence-corrected chi connectivity index (χ0v) is 16.9. The van der Waals surface area contributed by atoms with E-state index in [-0.39, 0.29) is 21.8 Å². The Hall–Kier alpha value is -3.86. The van der Waals surface area contributed by atoms with Crippen LogP contribution in [-0.4, -0.2) is 26.4 Å². The Morgan fingerprint density at radius 3 is 2.62 bits per heavy atom. The maximum Gasteiger partial charge on any atom is 0.416 e. The first-order valence-corrected chi connectivity index (χ1v) is 9.89. The topological polar surface area (TPSA) is 107 Å². The number of hydrogen-bond acceptors (Lipinski definition) is 5. The van der Waals surface area contributed by atoms with Gasteiger partial charge >= 0.3 is 12.1 Å². The molecule has 0 aliphatic heterocycles. The first kappa shape index (κ1) is 21.4. The largest absolute Gasteiger partial charge is 0.487 e. The van der Waals surface area contributed by atoms with Gasteiger partial charge in [-0.3, -0.25) is 9.20 Å². The predicted molar refractivity (Wildman–Crippen MR) is 110 cm³/mol. The lowest BCUT2D eigenvalue weighted by atomic mass is 10.1. The molecule has 164 valence electrons. The van der Waals surface area contributed by atoms with E-state index in [4.69, 9.17) is 15.6 Å². The van der Waals surface area contributed by atoms with E-state index in [1.165, 1.54) is 48.8 Å². The minimum Gasteiger partial charge on any atom is -0.487 e. The molecular weight excluding hydrogens is 447 g/mol. The summed E-state index contributed by atoms with van der Waals surface area (Å²) in [6.45, 7) is -0.415. The summed E-state index contributed by atoms with van der Waals surface area (Å²) in [5, 5.41) is 9.12. The third-order valence-electron chi connectivity index (χ3n) is 4.64. The first-order chi connectivity index (χ1) is 15.1. The number of carbonyl (C=O) groups excluding carboxylic acids is 1. The molecule has 3 N–H and O–H groups in total. The number of hydrogen-bond donors (Lipinski definition) is 2. The van der Waals surface area contributed by atoms with E-state index >= 15 is 0 Å². The lowest BCUT2D eigenvalue weighted by molar-refractivity contribution is -0.138. The molecule has 4 rings (SSSR count). The molecule has 0 fully saturated rings. The van der Waals surface area contributed by atoms with Crippen LogP contribution in [0.1, 0.15) is 31.2 Å². The van der Waals surface area contributed by atoms with Crippen molar-refractivity contribution < 1.29 is 32.6 Å². The summed E-state index contributed by atoms with van der Waals surface area (Å²) in [4.78, 5) is 27.8. The van der Waals surface area contributed by atoms with Crippen LogP contribution < -0.4 is 10.5 Å². The van der Waals surface area contributed by atoms with Gasteiger partial charge in [-0.1, -0.05) is 18.2 Å².